The highest BCUT2D eigenvalue weighted by molar-refractivity contribution is 5.74. The Hall–Kier alpha value is -1.46. The zero-order valence-electron chi connectivity index (χ0n) is 11.2. The van der Waals surface area contributed by atoms with E-state index >= 15 is 0 Å². The summed E-state index contributed by atoms with van der Waals surface area (Å²) in [6.45, 7) is 5.60. The zero-order valence-corrected chi connectivity index (χ0v) is 11.2. The molecule has 0 saturated carbocycles. The number of hydrogen-bond acceptors (Lipinski definition) is 4. The topological polar surface area (TPSA) is 59.1 Å². The molecule has 6 nitrogen and oxygen atoms in total. The molecule has 1 saturated heterocycles. The van der Waals surface area contributed by atoms with Gasteiger partial charge in [0.1, 0.15) is 0 Å². The van der Waals surface area contributed by atoms with Crippen LogP contribution in [0.4, 0.5) is 9.59 Å². The normalized spacial score (nSPS) is 15.4. The maximum absolute atomic E-state index is 11.8. The van der Waals surface area contributed by atoms with Crippen molar-refractivity contribution in [3.05, 3.63) is 0 Å². The van der Waals surface area contributed by atoms with Gasteiger partial charge in [-0.25, -0.2) is 19.6 Å². The molecule has 1 fully saturated rings. The lowest BCUT2D eigenvalue weighted by Gasteiger charge is -2.36. The highest BCUT2D eigenvalue weighted by Gasteiger charge is 2.30. The van der Waals surface area contributed by atoms with Crippen LogP contribution in [0.5, 0.6) is 0 Å². The third-order valence-electron chi connectivity index (χ3n) is 2.56. The second-order valence-corrected chi connectivity index (χ2v) is 4.18. The second kappa shape index (κ2) is 7.79. The van der Waals surface area contributed by atoms with E-state index in [1.54, 1.807) is 0 Å². The predicted octanol–water partition coefficient (Wildman–Crippen LogP) is 2.39. The first kappa shape index (κ1) is 14.6. The number of hydrogen-bond donors (Lipinski definition) is 0. The molecule has 1 heterocycles. The first-order valence-electron chi connectivity index (χ1n) is 6.59. The molecule has 2 amide bonds. The molecule has 0 aromatic heterocycles. The van der Waals surface area contributed by atoms with Crippen LogP contribution in [0.1, 0.15) is 39.5 Å². The van der Waals surface area contributed by atoms with Crippen molar-refractivity contribution in [2.75, 3.05) is 26.3 Å². The Labute approximate surface area is 108 Å². The molecule has 0 radical (unpaired) electrons. The number of hydrazine groups is 1. The van der Waals surface area contributed by atoms with Gasteiger partial charge in [-0.05, 0) is 25.7 Å². The lowest BCUT2D eigenvalue weighted by Crippen LogP contribution is -2.53. The van der Waals surface area contributed by atoms with Gasteiger partial charge in [0.05, 0.1) is 13.2 Å². The van der Waals surface area contributed by atoms with Gasteiger partial charge in [-0.1, -0.05) is 13.8 Å². The number of nitrogens with zero attached hydrogens (tertiary/aromatic N) is 2. The highest BCUT2D eigenvalue weighted by atomic mass is 16.6. The summed E-state index contributed by atoms with van der Waals surface area (Å²) in [6.07, 6.45) is 2.34. The molecule has 0 aromatic carbocycles. The van der Waals surface area contributed by atoms with Crippen molar-refractivity contribution in [1.29, 1.82) is 0 Å². The minimum Gasteiger partial charge on any atom is -0.448 e. The molecule has 0 N–H and O–H groups in total. The van der Waals surface area contributed by atoms with Crippen molar-refractivity contribution in [3.8, 4) is 0 Å². The number of carbonyl (C=O) groups is 2. The summed E-state index contributed by atoms with van der Waals surface area (Å²) >= 11 is 0. The maximum atomic E-state index is 11.8. The first-order chi connectivity index (χ1) is 8.70. The third-order valence-corrected chi connectivity index (χ3v) is 2.56. The van der Waals surface area contributed by atoms with E-state index in [2.05, 4.69) is 0 Å². The largest absolute Gasteiger partial charge is 0.448 e. The van der Waals surface area contributed by atoms with Crippen molar-refractivity contribution in [3.63, 3.8) is 0 Å². The third kappa shape index (κ3) is 4.09. The van der Waals surface area contributed by atoms with Crippen molar-refractivity contribution >= 4 is 12.2 Å². The minimum absolute atomic E-state index is 0.368. The lowest BCUT2D eigenvalue weighted by molar-refractivity contribution is -0.0376. The van der Waals surface area contributed by atoms with Crippen LogP contribution in [0.25, 0.3) is 0 Å². The molecular formula is C12H22N2O4. The van der Waals surface area contributed by atoms with Gasteiger partial charge in [0.15, 0.2) is 0 Å². The van der Waals surface area contributed by atoms with Crippen LogP contribution >= 0.6 is 0 Å². The maximum Gasteiger partial charge on any atom is 0.428 e. The predicted molar refractivity (Wildman–Crippen MR) is 65.9 cm³/mol. The van der Waals surface area contributed by atoms with Gasteiger partial charge in [0.2, 0.25) is 0 Å². The first-order valence-corrected chi connectivity index (χ1v) is 6.59. The Morgan fingerprint density at radius 3 is 1.61 bits per heavy atom. The van der Waals surface area contributed by atoms with Gasteiger partial charge in [-0.15, -0.1) is 0 Å². The Morgan fingerprint density at radius 1 is 0.889 bits per heavy atom. The summed E-state index contributed by atoms with van der Waals surface area (Å²) in [5.41, 5.74) is 0. The standard InChI is InChI=1S/C12H22N2O4/c1-3-9-17-11(15)13-7-5-6-8-14(13)12(16)18-10-4-2/h3-10H2,1-2H3. The molecular weight excluding hydrogens is 236 g/mol. The quantitative estimate of drug-likeness (QED) is 0.777. The van der Waals surface area contributed by atoms with Gasteiger partial charge in [-0.2, -0.15) is 0 Å². The van der Waals surface area contributed by atoms with Crippen LogP contribution in [0.3, 0.4) is 0 Å². The summed E-state index contributed by atoms with van der Waals surface area (Å²) in [5, 5.41) is 2.69. The number of amides is 2. The Kier molecular flexibility index (Phi) is 6.32. The lowest BCUT2D eigenvalue weighted by atomic mass is 10.2. The van der Waals surface area contributed by atoms with Crippen LogP contribution in [-0.2, 0) is 9.47 Å². The van der Waals surface area contributed by atoms with Crippen LogP contribution in [-0.4, -0.2) is 48.5 Å². The molecule has 0 bridgehead atoms. The Bertz CT molecular complexity index is 255. The molecule has 1 aliphatic rings. The van der Waals surface area contributed by atoms with Gasteiger partial charge >= 0.3 is 12.2 Å². The fourth-order valence-electron chi connectivity index (χ4n) is 1.67. The molecule has 18 heavy (non-hydrogen) atoms. The van der Waals surface area contributed by atoms with Crippen molar-refractivity contribution in [1.82, 2.24) is 10.0 Å². The van der Waals surface area contributed by atoms with E-state index in [4.69, 9.17) is 9.47 Å². The van der Waals surface area contributed by atoms with E-state index in [9.17, 15) is 9.59 Å². The zero-order chi connectivity index (χ0) is 13.4. The summed E-state index contributed by atoms with van der Waals surface area (Å²) in [4.78, 5) is 23.6. The van der Waals surface area contributed by atoms with Crippen molar-refractivity contribution in [2.24, 2.45) is 0 Å². The van der Waals surface area contributed by atoms with Crippen molar-refractivity contribution < 1.29 is 19.1 Å². The minimum atomic E-state index is -0.468. The molecule has 0 spiro atoms. The highest BCUT2D eigenvalue weighted by Crippen LogP contribution is 2.14. The summed E-state index contributed by atoms with van der Waals surface area (Å²) < 4.78 is 10.1. The molecule has 0 atom stereocenters. The van der Waals surface area contributed by atoms with Crippen LogP contribution in [0.2, 0.25) is 0 Å². The summed E-state index contributed by atoms with van der Waals surface area (Å²) in [7, 11) is 0. The van der Waals surface area contributed by atoms with E-state index < -0.39 is 12.2 Å². The molecule has 0 aliphatic carbocycles. The molecule has 6 heteroatoms. The fourth-order valence-corrected chi connectivity index (χ4v) is 1.67. The van der Waals surface area contributed by atoms with E-state index in [0.29, 0.717) is 26.3 Å². The molecule has 1 rings (SSSR count). The molecule has 1 aliphatic heterocycles. The molecule has 0 unspecified atom stereocenters. The summed E-state index contributed by atoms with van der Waals surface area (Å²) in [6, 6.07) is 0. The SMILES string of the molecule is CCCOC(=O)N1CCCCN1C(=O)OCCC. The van der Waals surface area contributed by atoms with E-state index in [1.807, 2.05) is 13.8 Å². The Balaban J connectivity index is 2.55. The van der Waals surface area contributed by atoms with E-state index in [1.165, 1.54) is 10.0 Å². The average Bonchev–Trinajstić information content (AvgIpc) is 2.42. The second-order valence-electron chi connectivity index (χ2n) is 4.18. The van der Waals surface area contributed by atoms with E-state index in [-0.39, 0.29) is 0 Å². The monoisotopic (exact) mass is 258 g/mol. The van der Waals surface area contributed by atoms with Gasteiger partial charge < -0.3 is 9.47 Å². The molecule has 104 valence electrons. The smallest absolute Gasteiger partial charge is 0.428 e. The number of rotatable bonds is 4. The van der Waals surface area contributed by atoms with E-state index in [0.717, 1.165) is 25.7 Å². The molecule has 0 aromatic rings. The fraction of sp³-hybridized carbons (Fsp3) is 0.833. The average molecular weight is 258 g/mol. The number of carbonyl (C=O) groups excluding carboxylic acids is 2. The van der Waals surface area contributed by atoms with Crippen molar-refractivity contribution in [2.45, 2.75) is 39.5 Å². The summed E-state index contributed by atoms with van der Waals surface area (Å²) in [5.74, 6) is 0. The Morgan fingerprint density at radius 2 is 1.28 bits per heavy atom. The van der Waals surface area contributed by atoms with Gasteiger partial charge in [0, 0.05) is 13.1 Å². The van der Waals surface area contributed by atoms with Gasteiger partial charge in [-0.3, -0.25) is 0 Å². The van der Waals surface area contributed by atoms with Crippen LogP contribution in [0.15, 0.2) is 0 Å². The van der Waals surface area contributed by atoms with Gasteiger partial charge in [0.25, 0.3) is 0 Å². The van der Waals surface area contributed by atoms with Crippen LogP contribution in [0, 0.1) is 0 Å². The number of ether oxygens (including phenoxy) is 2. The van der Waals surface area contributed by atoms with Crippen LogP contribution < -0.4 is 0 Å².